The van der Waals surface area contributed by atoms with Crippen LogP contribution in [0.3, 0.4) is 0 Å². The molecule has 1 aromatic rings. The lowest BCUT2D eigenvalue weighted by molar-refractivity contribution is 0.150. The Morgan fingerprint density at radius 3 is 2.47 bits per heavy atom. The summed E-state index contributed by atoms with van der Waals surface area (Å²) in [7, 11) is 0. The molecule has 0 aliphatic heterocycles. The third-order valence-electron chi connectivity index (χ3n) is 2.96. The number of phenols is 1. The number of aliphatic hydroxyl groups is 1. The number of rotatable bonds is 3. The summed E-state index contributed by atoms with van der Waals surface area (Å²) in [5.74, 6) is 0.294. The zero-order chi connectivity index (χ0) is 11.1. The zero-order valence-corrected chi connectivity index (χ0v) is 9.51. The van der Waals surface area contributed by atoms with Crippen LogP contribution in [0.1, 0.15) is 30.9 Å². The van der Waals surface area contributed by atoms with Crippen molar-refractivity contribution in [2.45, 2.75) is 38.2 Å². The van der Waals surface area contributed by atoms with Gasteiger partial charge in [0.05, 0.1) is 5.60 Å². The van der Waals surface area contributed by atoms with Gasteiger partial charge in [0, 0.05) is 11.4 Å². The van der Waals surface area contributed by atoms with E-state index in [1.807, 2.05) is 6.92 Å². The van der Waals surface area contributed by atoms with E-state index in [0.29, 0.717) is 17.2 Å². The van der Waals surface area contributed by atoms with Crippen LogP contribution in [-0.4, -0.2) is 15.8 Å². The molecular formula is C12H15ClO2. The molecule has 0 amide bonds. The Balaban J connectivity index is 2.32. The summed E-state index contributed by atoms with van der Waals surface area (Å²) < 4.78 is 0. The maximum absolute atomic E-state index is 9.93. The first-order valence-electron chi connectivity index (χ1n) is 5.27. The molecule has 0 bridgehead atoms. The third-order valence-corrected chi connectivity index (χ3v) is 3.18. The van der Waals surface area contributed by atoms with E-state index >= 15 is 0 Å². The van der Waals surface area contributed by atoms with E-state index in [-0.39, 0.29) is 0 Å². The Hall–Kier alpha value is -0.730. The number of phenolic OH excluding ortho intramolecular Hbond substituents is 1. The van der Waals surface area contributed by atoms with E-state index in [1.165, 1.54) is 0 Å². The Morgan fingerprint density at radius 2 is 1.93 bits per heavy atom. The normalized spacial score (nSPS) is 17.8. The van der Waals surface area contributed by atoms with E-state index in [2.05, 4.69) is 0 Å². The van der Waals surface area contributed by atoms with E-state index in [4.69, 9.17) is 11.6 Å². The Bertz CT molecular complexity index is 383. The minimum Gasteiger partial charge on any atom is -0.507 e. The Kier molecular flexibility index (Phi) is 2.65. The number of halogens is 1. The van der Waals surface area contributed by atoms with Gasteiger partial charge in [0.25, 0.3) is 0 Å². The molecule has 3 heteroatoms. The minimum absolute atomic E-state index is 0.294. The summed E-state index contributed by atoms with van der Waals surface area (Å²) in [5, 5.41) is 20.4. The maximum Gasteiger partial charge on any atom is 0.122 e. The smallest absolute Gasteiger partial charge is 0.122 e. The van der Waals surface area contributed by atoms with E-state index < -0.39 is 5.60 Å². The van der Waals surface area contributed by atoms with Crippen LogP contribution >= 0.6 is 11.6 Å². The highest BCUT2D eigenvalue weighted by atomic mass is 35.5. The van der Waals surface area contributed by atoms with Gasteiger partial charge >= 0.3 is 0 Å². The van der Waals surface area contributed by atoms with Gasteiger partial charge in [-0.25, -0.2) is 0 Å². The second-order valence-corrected chi connectivity index (χ2v) is 4.76. The molecule has 1 aliphatic rings. The van der Waals surface area contributed by atoms with Gasteiger partial charge in [0.15, 0.2) is 0 Å². The highest BCUT2D eigenvalue weighted by Crippen LogP contribution is 2.41. The predicted octanol–water partition coefficient (Wildman–Crippen LogP) is 2.68. The first-order valence-corrected chi connectivity index (χ1v) is 5.64. The molecule has 0 unspecified atom stereocenters. The van der Waals surface area contributed by atoms with Crippen LogP contribution < -0.4 is 0 Å². The summed E-state index contributed by atoms with van der Waals surface area (Å²) in [6.07, 6.45) is 2.89. The Labute approximate surface area is 94.5 Å². The van der Waals surface area contributed by atoms with Crippen LogP contribution in [0, 0.1) is 0 Å². The van der Waals surface area contributed by atoms with Crippen molar-refractivity contribution in [3.8, 4) is 5.75 Å². The third kappa shape index (κ3) is 2.27. The van der Waals surface area contributed by atoms with Crippen molar-refractivity contribution < 1.29 is 10.2 Å². The fourth-order valence-electron chi connectivity index (χ4n) is 1.80. The van der Waals surface area contributed by atoms with Crippen LogP contribution in [0.4, 0.5) is 0 Å². The molecule has 15 heavy (non-hydrogen) atoms. The maximum atomic E-state index is 9.93. The summed E-state index contributed by atoms with van der Waals surface area (Å²) >= 11 is 5.96. The summed E-state index contributed by atoms with van der Waals surface area (Å²) in [6.45, 7) is 1.97. The molecule has 0 heterocycles. The van der Waals surface area contributed by atoms with Crippen molar-refractivity contribution in [2.75, 3.05) is 0 Å². The second kappa shape index (κ2) is 3.69. The largest absolute Gasteiger partial charge is 0.507 e. The van der Waals surface area contributed by atoms with Crippen LogP contribution in [-0.2, 0) is 12.8 Å². The van der Waals surface area contributed by atoms with Gasteiger partial charge in [0.1, 0.15) is 5.75 Å². The van der Waals surface area contributed by atoms with Crippen molar-refractivity contribution in [2.24, 2.45) is 0 Å². The molecule has 82 valence electrons. The molecule has 0 radical (unpaired) electrons. The molecule has 1 fully saturated rings. The second-order valence-electron chi connectivity index (χ2n) is 4.33. The Morgan fingerprint density at radius 1 is 1.33 bits per heavy atom. The molecule has 1 aliphatic carbocycles. The van der Waals surface area contributed by atoms with Crippen LogP contribution in [0.2, 0.25) is 5.02 Å². The number of aryl methyl sites for hydroxylation is 1. The lowest BCUT2D eigenvalue weighted by Gasteiger charge is -2.12. The van der Waals surface area contributed by atoms with Crippen molar-refractivity contribution >= 4 is 11.6 Å². The van der Waals surface area contributed by atoms with Crippen LogP contribution in [0.5, 0.6) is 5.75 Å². The van der Waals surface area contributed by atoms with Gasteiger partial charge in [-0.1, -0.05) is 18.5 Å². The molecule has 2 rings (SSSR count). The standard InChI is InChI=1S/C12H15ClO2/c1-2-8-5-10(13)6-9(11(8)14)7-12(15)3-4-12/h5-6,14-15H,2-4,7H2,1H3. The van der Waals surface area contributed by atoms with Crippen LogP contribution in [0.15, 0.2) is 12.1 Å². The molecule has 0 spiro atoms. The van der Waals surface area contributed by atoms with Gasteiger partial charge in [-0.2, -0.15) is 0 Å². The molecule has 1 saturated carbocycles. The molecule has 2 N–H and O–H groups in total. The number of benzene rings is 1. The topological polar surface area (TPSA) is 40.5 Å². The van der Waals surface area contributed by atoms with E-state index in [9.17, 15) is 10.2 Å². The quantitative estimate of drug-likeness (QED) is 0.832. The first kappa shape index (κ1) is 10.8. The average Bonchev–Trinajstić information content (AvgIpc) is 2.89. The zero-order valence-electron chi connectivity index (χ0n) is 8.76. The number of hydrogen-bond donors (Lipinski definition) is 2. The SMILES string of the molecule is CCc1cc(Cl)cc(CC2(O)CC2)c1O. The average molecular weight is 227 g/mol. The monoisotopic (exact) mass is 226 g/mol. The van der Waals surface area contributed by atoms with Gasteiger partial charge in [-0.15, -0.1) is 0 Å². The number of aromatic hydroxyl groups is 1. The fourth-order valence-corrected chi connectivity index (χ4v) is 2.06. The summed E-state index contributed by atoms with van der Waals surface area (Å²) in [5.41, 5.74) is 1.02. The molecule has 1 aromatic carbocycles. The number of hydrogen-bond acceptors (Lipinski definition) is 2. The van der Waals surface area contributed by atoms with Crippen molar-refractivity contribution in [1.29, 1.82) is 0 Å². The summed E-state index contributed by atoms with van der Waals surface area (Å²) in [6, 6.07) is 3.52. The van der Waals surface area contributed by atoms with Crippen LogP contribution in [0.25, 0.3) is 0 Å². The van der Waals surface area contributed by atoms with E-state index in [0.717, 1.165) is 30.4 Å². The molecule has 0 saturated heterocycles. The van der Waals surface area contributed by atoms with Gasteiger partial charge in [0.2, 0.25) is 0 Å². The van der Waals surface area contributed by atoms with Crippen molar-refractivity contribution in [1.82, 2.24) is 0 Å². The van der Waals surface area contributed by atoms with Gasteiger partial charge < -0.3 is 10.2 Å². The van der Waals surface area contributed by atoms with Crippen molar-refractivity contribution in [3.05, 3.63) is 28.3 Å². The van der Waals surface area contributed by atoms with Crippen molar-refractivity contribution in [3.63, 3.8) is 0 Å². The summed E-state index contributed by atoms with van der Waals surface area (Å²) in [4.78, 5) is 0. The van der Waals surface area contributed by atoms with Gasteiger partial charge in [-0.3, -0.25) is 0 Å². The lowest BCUT2D eigenvalue weighted by Crippen LogP contribution is -2.11. The van der Waals surface area contributed by atoms with Gasteiger partial charge in [-0.05, 0) is 42.5 Å². The predicted molar refractivity (Wildman–Crippen MR) is 60.4 cm³/mol. The molecule has 0 atom stereocenters. The lowest BCUT2D eigenvalue weighted by atomic mass is 10.0. The van der Waals surface area contributed by atoms with E-state index in [1.54, 1.807) is 12.1 Å². The highest BCUT2D eigenvalue weighted by Gasteiger charge is 2.40. The highest BCUT2D eigenvalue weighted by molar-refractivity contribution is 6.30. The molecule has 0 aromatic heterocycles. The molecule has 2 nitrogen and oxygen atoms in total. The fraction of sp³-hybridized carbons (Fsp3) is 0.500. The first-order chi connectivity index (χ1) is 7.04. The molecular weight excluding hydrogens is 212 g/mol. The minimum atomic E-state index is -0.590.